The van der Waals surface area contributed by atoms with E-state index >= 15 is 0 Å². The minimum Gasteiger partial charge on any atom is -0.343 e. The molecule has 0 spiro atoms. The average molecular weight is 592 g/mol. The van der Waals surface area contributed by atoms with Crippen molar-refractivity contribution in [2.24, 2.45) is 0 Å². The van der Waals surface area contributed by atoms with Crippen LogP contribution in [-0.2, 0) is 11.3 Å². The van der Waals surface area contributed by atoms with Crippen LogP contribution in [0.3, 0.4) is 0 Å². The highest BCUT2D eigenvalue weighted by Gasteiger charge is 2.39. The quantitative estimate of drug-likeness (QED) is 0.265. The SMILES string of the molecule is CN(C(=O)c1ccccc1)c1ccc2c(c1)nc(NC(=O)c1ccc(C(=O)C(F)(F)F)cc1)n2CCCN1CCCC1=O. The Hall–Kier alpha value is -5.00. The molecule has 0 bridgehead atoms. The number of carbonyl (C=O) groups is 4. The van der Waals surface area contributed by atoms with Crippen molar-refractivity contribution in [2.45, 2.75) is 32.0 Å². The first-order valence-corrected chi connectivity index (χ1v) is 13.7. The van der Waals surface area contributed by atoms with E-state index in [4.69, 9.17) is 0 Å². The van der Waals surface area contributed by atoms with Crippen molar-refractivity contribution in [1.82, 2.24) is 14.5 Å². The molecule has 4 aromatic rings. The van der Waals surface area contributed by atoms with Crippen molar-refractivity contribution >= 4 is 46.2 Å². The number of anilines is 2. The summed E-state index contributed by atoms with van der Waals surface area (Å²) in [6.07, 6.45) is -3.09. The van der Waals surface area contributed by atoms with E-state index in [9.17, 15) is 32.3 Å². The van der Waals surface area contributed by atoms with Gasteiger partial charge >= 0.3 is 6.18 Å². The van der Waals surface area contributed by atoms with Gasteiger partial charge in [-0.25, -0.2) is 4.98 Å². The van der Waals surface area contributed by atoms with Crippen LogP contribution < -0.4 is 10.2 Å². The third-order valence-corrected chi connectivity index (χ3v) is 7.32. The molecule has 0 aliphatic carbocycles. The van der Waals surface area contributed by atoms with Gasteiger partial charge in [0, 0.05) is 55.5 Å². The van der Waals surface area contributed by atoms with Crippen molar-refractivity contribution in [2.75, 3.05) is 30.4 Å². The summed E-state index contributed by atoms with van der Waals surface area (Å²) in [4.78, 5) is 57.6. The summed E-state index contributed by atoms with van der Waals surface area (Å²) in [7, 11) is 1.65. The van der Waals surface area contributed by atoms with Gasteiger partial charge in [-0.3, -0.25) is 24.5 Å². The van der Waals surface area contributed by atoms with Gasteiger partial charge in [0.2, 0.25) is 11.9 Å². The number of imidazole rings is 1. The number of Topliss-reactive ketones (excluding diaryl/α,β-unsaturated/α-hetero) is 1. The van der Waals surface area contributed by atoms with Gasteiger partial charge in [0.05, 0.1) is 11.0 Å². The molecule has 1 aromatic heterocycles. The van der Waals surface area contributed by atoms with Crippen molar-refractivity contribution in [3.63, 3.8) is 0 Å². The van der Waals surface area contributed by atoms with Gasteiger partial charge < -0.3 is 14.4 Å². The van der Waals surface area contributed by atoms with Crippen LogP contribution in [0.15, 0.2) is 72.8 Å². The monoisotopic (exact) mass is 591 g/mol. The van der Waals surface area contributed by atoms with E-state index < -0.39 is 23.4 Å². The van der Waals surface area contributed by atoms with Crippen LogP contribution >= 0.6 is 0 Å². The van der Waals surface area contributed by atoms with Crippen molar-refractivity contribution in [3.8, 4) is 0 Å². The largest absolute Gasteiger partial charge is 0.454 e. The lowest BCUT2D eigenvalue weighted by Crippen LogP contribution is -2.26. The molecule has 12 heteroatoms. The molecule has 0 radical (unpaired) electrons. The molecule has 9 nitrogen and oxygen atoms in total. The number of aromatic nitrogens is 2. The number of hydrogen-bond acceptors (Lipinski definition) is 5. The third-order valence-electron chi connectivity index (χ3n) is 7.32. The van der Waals surface area contributed by atoms with Crippen molar-refractivity contribution < 1.29 is 32.3 Å². The minimum atomic E-state index is -5.02. The molecule has 0 saturated carbocycles. The number of amides is 3. The Morgan fingerprint density at radius 1 is 0.930 bits per heavy atom. The van der Waals surface area contributed by atoms with Crippen LogP contribution in [0.2, 0.25) is 0 Å². The summed E-state index contributed by atoms with van der Waals surface area (Å²) in [6.45, 7) is 1.64. The van der Waals surface area contributed by atoms with Crippen LogP contribution in [0.1, 0.15) is 50.3 Å². The number of likely N-dealkylation sites (tertiary alicyclic amines) is 1. The zero-order valence-corrected chi connectivity index (χ0v) is 23.2. The number of halogens is 3. The van der Waals surface area contributed by atoms with E-state index in [1.54, 1.807) is 59.0 Å². The Labute approximate surface area is 244 Å². The van der Waals surface area contributed by atoms with Gasteiger partial charge in [0.25, 0.3) is 17.6 Å². The molecular weight excluding hydrogens is 563 g/mol. The lowest BCUT2D eigenvalue weighted by molar-refractivity contribution is -0.127. The summed E-state index contributed by atoms with van der Waals surface area (Å²) in [5.41, 5.74) is 1.74. The van der Waals surface area contributed by atoms with E-state index in [0.717, 1.165) is 30.7 Å². The number of alkyl halides is 3. The van der Waals surface area contributed by atoms with E-state index in [1.807, 2.05) is 6.07 Å². The van der Waals surface area contributed by atoms with Crippen LogP contribution in [0.25, 0.3) is 11.0 Å². The van der Waals surface area contributed by atoms with Crippen molar-refractivity contribution in [1.29, 1.82) is 0 Å². The van der Waals surface area contributed by atoms with Gasteiger partial charge in [0.15, 0.2) is 0 Å². The Bertz CT molecular complexity index is 1680. The standard InChI is InChI=1S/C31H28F3N5O4/c1-37(29(43)22-7-3-2-4-8-22)23-14-15-25-24(19-23)35-30(39(25)18-6-17-38-16-5-9-26(38)40)36-28(42)21-12-10-20(11-13-21)27(41)31(32,33)34/h2-4,7-8,10-15,19H,5-6,9,16-18H2,1H3,(H,35,36,42). The third kappa shape index (κ3) is 6.42. The molecule has 3 aromatic carbocycles. The molecular formula is C31H28F3N5O4. The molecule has 3 amide bonds. The first kappa shape index (κ1) is 29.5. The normalized spacial score (nSPS) is 13.4. The number of nitrogens with one attached hydrogen (secondary N) is 1. The maximum Gasteiger partial charge on any atom is 0.454 e. The summed E-state index contributed by atoms with van der Waals surface area (Å²) in [6, 6.07) is 18.3. The van der Waals surface area contributed by atoms with E-state index in [1.165, 1.54) is 4.90 Å². The van der Waals surface area contributed by atoms with Gasteiger partial charge in [0.1, 0.15) is 0 Å². The average Bonchev–Trinajstić information content (AvgIpc) is 3.57. The fourth-order valence-corrected chi connectivity index (χ4v) is 5.01. The molecule has 2 heterocycles. The number of aryl methyl sites for hydroxylation is 1. The molecule has 43 heavy (non-hydrogen) atoms. The first-order valence-electron chi connectivity index (χ1n) is 13.7. The van der Waals surface area contributed by atoms with Gasteiger partial charge in [-0.05, 0) is 55.3 Å². The zero-order chi connectivity index (χ0) is 30.7. The molecule has 1 aliphatic rings. The second-order valence-electron chi connectivity index (χ2n) is 10.2. The maximum absolute atomic E-state index is 13.1. The second-order valence-corrected chi connectivity index (χ2v) is 10.2. The van der Waals surface area contributed by atoms with Gasteiger partial charge in [-0.1, -0.05) is 30.3 Å². The maximum atomic E-state index is 13.1. The number of fused-ring (bicyclic) bond motifs is 1. The Morgan fingerprint density at radius 3 is 2.28 bits per heavy atom. The predicted octanol–water partition coefficient (Wildman–Crippen LogP) is 5.32. The Balaban J connectivity index is 1.41. The highest BCUT2D eigenvalue weighted by molar-refractivity contribution is 6.07. The number of rotatable bonds is 9. The lowest BCUT2D eigenvalue weighted by atomic mass is 10.1. The van der Waals surface area contributed by atoms with E-state index in [2.05, 4.69) is 10.3 Å². The summed E-state index contributed by atoms with van der Waals surface area (Å²) >= 11 is 0. The number of benzene rings is 3. The smallest absolute Gasteiger partial charge is 0.343 e. The highest BCUT2D eigenvalue weighted by atomic mass is 19.4. The molecule has 222 valence electrons. The van der Waals surface area contributed by atoms with Gasteiger partial charge in [-0.15, -0.1) is 0 Å². The van der Waals surface area contributed by atoms with E-state index in [0.29, 0.717) is 54.8 Å². The fraction of sp³-hybridized carbons (Fsp3) is 0.258. The predicted molar refractivity (Wildman–Crippen MR) is 154 cm³/mol. The van der Waals surface area contributed by atoms with Crippen molar-refractivity contribution in [3.05, 3.63) is 89.5 Å². The van der Waals surface area contributed by atoms with Crippen LogP contribution in [0.4, 0.5) is 24.8 Å². The molecule has 1 aliphatic heterocycles. The molecule has 0 atom stereocenters. The zero-order valence-electron chi connectivity index (χ0n) is 23.2. The Kier molecular flexibility index (Phi) is 8.29. The van der Waals surface area contributed by atoms with E-state index in [-0.39, 0.29) is 23.3 Å². The number of carbonyl (C=O) groups excluding carboxylic acids is 4. The molecule has 5 rings (SSSR count). The number of ketones is 1. The molecule has 1 N–H and O–H groups in total. The van der Waals surface area contributed by atoms with Crippen LogP contribution in [0.5, 0.6) is 0 Å². The first-order chi connectivity index (χ1) is 20.5. The summed E-state index contributed by atoms with van der Waals surface area (Å²) < 4.78 is 40.1. The number of nitrogens with zero attached hydrogens (tertiary/aromatic N) is 4. The summed E-state index contributed by atoms with van der Waals surface area (Å²) in [5.74, 6) is -2.54. The van der Waals surface area contributed by atoms with Crippen LogP contribution in [-0.4, -0.2) is 64.3 Å². The summed E-state index contributed by atoms with van der Waals surface area (Å²) in [5, 5.41) is 2.72. The second kappa shape index (κ2) is 12.1. The Morgan fingerprint density at radius 2 is 1.63 bits per heavy atom. The number of hydrogen-bond donors (Lipinski definition) is 1. The minimum absolute atomic E-state index is 0.0360. The molecule has 1 fully saturated rings. The fourth-order valence-electron chi connectivity index (χ4n) is 5.01. The topological polar surface area (TPSA) is 105 Å². The lowest BCUT2D eigenvalue weighted by Gasteiger charge is -2.18. The van der Waals surface area contributed by atoms with Gasteiger partial charge in [-0.2, -0.15) is 13.2 Å². The van der Waals surface area contributed by atoms with Crippen LogP contribution in [0, 0.1) is 0 Å². The molecule has 0 unspecified atom stereocenters. The molecule has 1 saturated heterocycles. The highest BCUT2D eigenvalue weighted by Crippen LogP contribution is 2.27.